The Bertz CT molecular complexity index is 183. The SMILES string of the molecule is CC(C)CCCC(NN)C1(C)CCCCC1. The van der Waals surface area contributed by atoms with E-state index in [2.05, 4.69) is 26.2 Å². The zero-order chi connectivity index (χ0) is 12.0. The minimum atomic E-state index is 0.448. The van der Waals surface area contributed by atoms with Crippen LogP contribution in [0.5, 0.6) is 0 Å². The largest absolute Gasteiger partial charge is 0.271 e. The topological polar surface area (TPSA) is 38.0 Å². The molecule has 0 aromatic carbocycles. The maximum atomic E-state index is 5.76. The second-order valence-electron chi connectivity index (χ2n) is 6.26. The smallest absolute Gasteiger partial charge is 0.0264 e. The fourth-order valence-electron chi connectivity index (χ4n) is 3.07. The van der Waals surface area contributed by atoms with Crippen LogP contribution in [0.3, 0.4) is 0 Å². The van der Waals surface area contributed by atoms with Gasteiger partial charge >= 0.3 is 0 Å². The minimum absolute atomic E-state index is 0.448. The molecule has 0 heterocycles. The van der Waals surface area contributed by atoms with Crippen molar-refractivity contribution in [1.29, 1.82) is 0 Å². The van der Waals surface area contributed by atoms with Gasteiger partial charge in [0.25, 0.3) is 0 Å². The van der Waals surface area contributed by atoms with Gasteiger partial charge in [0.1, 0.15) is 0 Å². The predicted molar refractivity (Wildman–Crippen MR) is 71.0 cm³/mol. The van der Waals surface area contributed by atoms with Crippen LogP contribution in [-0.2, 0) is 0 Å². The molecule has 1 aliphatic carbocycles. The predicted octanol–water partition coefficient (Wildman–Crippen LogP) is 3.62. The maximum absolute atomic E-state index is 5.76. The molecular weight excluding hydrogens is 196 g/mol. The Kier molecular flexibility index (Phi) is 5.77. The molecule has 0 aliphatic heterocycles. The lowest BCUT2D eigenvalue weighted by atomic mass is 9.69. The highest BCUT2D eigenvalue weighted by molar-refractivity contribution is 4.88. The number of nitrogens with two attached hydrogens (primary N) is 1. The van der Waals surface area contributed by atoms with E-state index in [1.807, 2.05) is 0 Å². The molecule has 0 aromatic rings. The summed E-state index contributed by atoms with van der Waals surface area (Å²) in [6, 6.07) is 0.520. The first-order chi connectivity index (χ1) is 7.58. The normalized spacial score (nSPS) is 22.3. The van der Waals surface area contributed by atoms with Crippen LogP contribution in [0, 0.1) is 11.3 Å². The fourth-order valence-corrected chi connectivity index (χ4v) is 3.07. The van der Waals surface area contributed by atoms with Crippen molar-refractivity contribution in [3.05, 3.63) is 0 Å². The Hall–Kier alpha value is -0.0800. The first kappa shape index (κ1) is 14.0. The molecule has 1 unspecified atom stereocenters. The van der Waals surface area contributed by atoms with Gasteiger partial charge in [-0.2, -0.15) is 0 Å². The monoisotopic (exact) mass is 226 g/mol. The van der Waals surface area contributed by atoms with Gasteiger partial charge in [-0.15, -0.1) is 0 Å². The van der Waals surface area contributed by atoms with E-state index in [4.69, 9.17) is 5.84 Å². The van der Waals surface area contributed by atoms with Crippen molar-refractivity contribution >= 4 is 0 Å². The molecule has 2 nitrogen and oxygen atoms in total. The van der Waals surface area contributed by atoms with Crippen LogP contribution < -0.4 is 11.3 Å². The summed E-state index contributed by atoms with van der Waals surface area (Å²) in [5.74, 6) is 6.57. The standard InChI is InChI=1S/C14H30N2/c1-12(2)8-7-9-13(16-15)14(3)10-5-4-6-11-14/h12-13,16H,4-11,15H2,1-3H3. The van der Waals surface area contributed by atoms with Crippen LogP contribution in [0.4, 0.5) is 0 Å². The number of hydrogen-bond acceptors (Lipinski definition) is 2. The lowest BCUT2D eigenvalue weighted by Gasteiger charge is -2.40. The van der Waals surface area contributed by atoms with E-state index in [0.29, 0.717) is 11.5 Å². The highest BCUT2D eigenvalue weighted by Gasteiger charge is 2.34. The number of hydrogen-bond donors (Lipinski definition) is 2. The van der Waals surface area contributed by atoms with Crippen LogP contribution in [0.2, 0.25) is 0 Å². The molecule has 1 saturated carbocycles. The Morgan fingerprint density at radius 3 is 2.25 bits per heavy atom. The van der Waals surface area contributed by atoms with E-state index in [-0.39, 0.29) is 0 Å². The molecule has 1 rings (SSSR count). The van der Waals surface area contributed by atoms with E-state index in [1.54, 1.807) is 0 Å². The molecule has 96 valence electrons. The molecule has 16 heavy (non-hydrogen) atoms. The van der Waals surface area contributed by atoms with Crippen molar-refractivity contribution in [2.45, 2.75) is 78.2 Å². The molecule has 0 saturated heterocycles. The molecule has 3 N–H and O–H groups in total. The van der Waals surface area contributed by atoms with Crippen molar-refractivity contribution in [2.24, 2.45) is 17.2 Å². The lowest BCUT2D eigenvalue weighted by molar-refractivity contribution is 0.135. The molecule has 0 amide bonds. The number of nitrogens with one attached hydrogen (secondary N) is 1. The van der Waals surface area contributed by atoms with Gasteiger partial charge in [-0.3, -0.25) is 11.3 Å². The van der Waals surface area contributed by atoms with Gasteiger partial charge in [0.2, 0.25) is 0 Å². The average molecular weight is 226 g/mol. The molecule has 1 atom stereocenters. The third-order valence-electron chi connectivity index (χ3n) is 4.31. The summed E-state index contributed by atoms with van der Waals surface area (Å²) in [6.07, 6.45) is 10.8. The van der Waals surface area contributed by atoms with E-state index in [0.717, 1.165) is 5.92 Å². The van der Waals surface area contributed by atoms with Gasteiger partial charge in [0.15, 0.2) is 0 Å². The highest BCUT2D eigenvalue weighted by atomic mass is 15.2. The van der Waals surface area contributed by atoms with Gasteiger partial charge in [-0.05, 0) is 30.6 Å². The summed E-state index contributed by atoms with van der Waals surface area (Å²) in [5.41, 5.74) is 3.53. The molecule has 0 bridgehead atoms. The Morgan fingerprint density at radius 2 is 1.75 bits per heavy atom. The summed E-state index contributed by atoms with van der Waals surface area (Å²) in [5, 5.41) is 0. The second-order valence-corrected chi connectivity index (χ2v) is 6.26. The number of hydrazine groups is 1. The Morgan fingerprint density at radius 1 is 1.12 bits per heavy atom. The molecule has 0 spiro atoms. The fraction of sp³-hybridized carbons (Fsp3) is 1.00. The van der Waals surface area contributed by atoms with Gasteiger partial charge in [0.05, 0.1) is 0 Å². The maximum Gasteiger partial charge on any atom is 0.0264 e. The first-order valence-corrected chi connectivity index (χ1v) is 7.04. The van der Waals surface area contributed by atoms with Gasteiger partial charge in [-0.1, -0.05) is 52.9 Å². The summed E-state index contributed by atoms with van der Waals surface area (Å²) in [6.45, 7) is 7.02. The van der Waals surface area contributed by atoms with Crippen LogP contribution in [0.1, 0.15) is 72.1 Å². The first-order valence-electron chi connectivity index (χ1n) is 7.04. The highest BCUT2D eigenvalue weighted by Crippen LogP contribution is 2.40. The van der Waals surface area contributed by atoms with Gasteiger partial charge < -0.3 is 0 Å². The van der Waals surface area contributed by atoms with Crippen LogP contribution >= 0.6 is 0 Å². The van der Waals surface area contributed by atoms with Crippen molar-refractivity contribution in [2.75, 3.05) is 0 Å². The molecule has 1 fully saturated rings. The quantitative estimate of drug-likeness (QED) is 0.536. The zero-order valence-electron chi connectivity index (χ0n) is 11.4. The molecular formula is C14H30N2. The van der Waals surface area contributed by atoms with Crippen molar-refractivity contribution in [3.8, 4) is 0 Å². The lowest BCUT2D eigenvalue weighted by Crippen LogP contribution is -2.48. The molecule has 2 heteroatoms. The molecule has 0 radical (unpaired) electrons. The Labute approximate surface area is 101 Å². The second kappa shape index (κ2) is 6.61. The summed E-state index contributed by atoms with van der Waals surface area (Å²) in [7, 11) is 0. The van der Waals surface area contributed by atoms with Gasteiger partial charge in [-0.25, -0.2) is 0 Å². The van der Waals surface area contributed by atoms with Crippen LogP contribution in [-0.4, -0.2) is 6.04 Å². The van der Waals surface area contributed by atoms with Crippen LogP contribution in [0.25, 0.3) is 0 Å². The van der Waals surface area contributed by atoms with Crippen molar-refractivity contribution in [1.82, 2.24) is 5.43 Å². The van der Waals surface area contributed by atoms with Crippen LogP contribution in [0.15, 0.2) is 0 Å². The molecule has 1 aliphatic rings. The van der Waals surface area contributed by atoms with Gasteiger partial charge in [0, 0.05) is 6.04 Å². The van der Waals surface area contributed by atoms with E-state index in [1.165, 1.54) is 51.4 Å². The average Bonchev–Trinajstić information content (AvgIpc) is 2.25. The van der Waals surface area contributed by atoms with E-state index < -0.39 is 0 Å². The third-order valence-corrected chi connectivity index (χ3v) is 4.31. The Balaban J connectivity index is 2.39. The third kappa shape index (κ3) is 4.06. The van der Waals surface area contributed by atoms with E-state index >= 15 is 0 Å². The molecule has 0 aromatic heterocycles. The van der Waals surface area contributed by atoms with Crippen molar-refractivity contribution < 1.29 is 0 Å². The number of rotatable bonds is 6. The summed E-state index contributed by atoms with van der Waals surface area (Å²) in [4.78, 5) is 0. The summed E-state index contributed by atoms with van der Waals surface area (Å²) >= 11 is 0. The van der Waals surface area contributed by atoms with E-state index in [9.17, 15) is 0 Å². The van der Waals surface area contributed by atoms with Crippen molar-refractivity contribution in [3.63, 3.8) is 0 Å². The minimum Gasteiger partial charge on any atom is -0.271 e. The summed E-state index contributed by atoms with van der Waals surface area (Å²) < 4.78 is 0. The zero-order valence-corrected chi connectivity index (χ0v) is 11.4.